The Hall–Kier alpha value is -1.25. The molecule has 0 unspecified atom stereocenters. The van der Waals surface area contributed by atoms with Crippen molar-refractivity contribution in [3.05, 3.63) is 40.7 Å². The number of benzene rings is 1. The molecule has 32 heavy (non-hydrogen) atoms. The van der Waals surface area contributed by atoms with Crippen LogP contribution in [-0.4, -0.2) is 0 Å². The summed E-state index contributed by atoms with van der Waals surface area (Å²) in [6, 6.07) is 3.52. The number of hydrogen-bond acceptors (Lipinski definition) is 0. The lowest BCUT2D eigenvalue weighted by atomic mass is 9.69. The smallest absolute Gasteiger partial charge is 0.206 e. The molecule has 0 atom stereocenters. The van der Waals surface area contributed by atoms with Crippen molar-refractivity contribution in [2.45, 2.75) is 103 Å². The van der Waals surface area contributed by atoms with E-state index in [1.165, 1.54) is 38.5 Å². The van der Waals surface area contributed by atoms with Gasteiger partial charge in [0.15, 0.2) is 0 Å². The summed E-state index contributed by atoms with van der Waals surface area (Å²) in [5.41, 5.74) is 0.489. The van der Waals surface area contributed by atoms with E-state index in [2.05, 4.69) is 19.9 Å². The average molecular weight is 447 g/mol. The lowest BCUT2D eigenvalue weighted by Crippen LogP contribution is -2.24. The molecule has 3 aliphatic carbocycles. The van der Waals surface area contributed by atoms with Crippen molar-refractivity contribution < 1.29 is 13.2 Å². The second kappa shape index (κ2) is 10.8. The normalized spacial score (nSPS) is 34.3. The van der Waals surface area contributed by atoms with Crippen LogP contribution in [0.5, 0.6) is 0 Å². The van der Waals surface area contributed by atoms with Gasteiger partial charge in [0.1, 0.15) is 5.82 Å². The zero-order valence-electron chi connectivity index (χ0n) is 20.0. The zero-order chi connectivity index (χ0) is 22.7. The van der Waals surface area contributed by atoms with Gasteiger partial charge in [0.05, 0.1) is 5.56 Å². The number of halogens is 3. The summed E-state index contributed by atoms with van der Waals surface area (Å²) in [7, 11) is 0. The van der Waals surface area contributed by atoms with Crippen LogP contribution in [0.25, 0.3) is 6.08 Å². The fourth-order valence-electron chi connectivity index (χ4n) is 6.68. The van der Waals surface area contributed by atoms with Crippen molar-refractivity contribution in [1.29, 1.82) is 0 Å². The average Bonchev–Trinajstić information content (AvgIpc) is 2.79. The van der Waals surface area contributed by atoms with E-state index in [1.807, 2.05) is 0 Å². The molecule has 178 valence electrons. The summed E-state index contributed by atoms with van der Waals surface area (Å²) < 4.78 is 42.9. The molecule has 0 radical (unpaired) electrons. The van der Waals surface area contributed by atoms with E-state index >= 15 is 4.39 Å². The van der Waals surface area contributed by atoms with Crippen molar-refractivity contribution in [3.63, 3.8) is 0 Å². The molecule has 3 fully saturated rings. The molecule has 3 heteroatoms. The van der Waals surface area contributed by atoms with E-state index < -0.39 is 12.2 Å². The first-order chi connectivity index (χ1) is 15.4. The molecule has 0 bridgehead atoms. The van der Waals surface area contributed by atoms with Crippen LogP contribution in [0.1, 0.15) is 120 Å². The molecule has 0 spiro atoms. The van der Waals surface area contributed by atoms with E-state index in [-0.39, 0.29) is 11.5 Å². The standard InChI is InChI=1S/C29H41F3/c1-19-3-10-22(11-4-19)23-14-7-21(8-15-23)9-16-25-17-18-26(28(30)27(25)29(31)32)24-12-5-20(2)6-13-24/h9,16-24,29H,3-8,10-15H2,1-2H3/b16-9+. The molecular formula is C29H41F3. The van der Waals surface area contributed by atoms with E-state index in [0.717, 1.165) is 56.3 Å². The molecule has 3 aliphatic rings. The maximum Gasteiger partial charge on any atom is 0.267 e. The van der Waals surface area contributed by atoms with Gasteiger partial charge in [-0.05, 0) is 98.0 Å². The first kappa shape index (κ1) is 23.9. The van der Waals surface area contributed by atoms with E-state index in [0.29, 0.717) is 23.0 Å². The van der Waals surface area contributed by atoms with Crippen molar-refractivity contribution in [2.75, 3.05) is 0 Å². The van der Waals surface area contributed by atoms with Gasteiger partial charge in [0.2, 0.25) is 0 Å². The molecule has 0 saturated heterocycles. The Labute approximate surface area is 193 Å². The maximum absolute atomic E-state index is 15.2. The minimum atomic E-state index is -2.78. The van der Waals surface area contributed by atoms with Crippen LogP contribution in [0, 0.1) is 35.4 Å². The summed E-state index contributed by atoms with van der Waals surface area (Å²) >= 11 is 0. The Bertz CT molecular complexity index is 759. The quantitative estimate of drug-likeness (QED) is 0.422. The summed E-state index contributed by atoms with van der Waals surface area (Å²) in [6.07, 6.45) is 15.3. The fourth-order valence-corrected chi connectivity index (χ4v) is 6.68. The molecule has 0 aromatic heterocycles. The SMILES string of the molecule is CC1CCC(c2ccc(/C=C/C3CCC(C4CCC(C)CC4)CC3)c(C(F)F)c2F)CC1. The van der Waals surface area contributed by atoms with Gasteiger partial charge < -0.3 is 0 Å². The maximum atomic E-state index is 15.2. The Kier molecular flexibility index (Phi) is 8.05. The first-order valence-electron chi connectivity index (χ1n) is 13.2. The van der Waals surface area contributed by atoms with Crippen molar-refractivity contribution >= 4 is 6.08 Å². The summed E-state index contributed by atoms with van der Waals surface area (Å²) in [5, 5.41) is 0. The Balaban J connectivity index is 1.40. The van der Waals surface area contributed by atoms with E-state index in [9.17, 15) is 8.78 Å². The van der Waals surface area contributed by atoms with Gasteiger partial charge in [-0.2, -0.15) is 0 Å². The molecule has 3 saturated carbocycles. The fraction of sp³-hybridized carbons (Fsp3) is 0.724. The molecule has 1 aromatic carbocycles. The summed E-state index contributed by atoms with van der Waals surface area (Å²) in [5.74, 6) is 3.15. The van der Waals surface area contributed by atoms with Crippen LogP contribution in [0.15, 0.2) is 18.2 Å². The highest BCUT2D eigenvalue weighted by Crippen LogP contribution is 2.42. The van der Waals surface area contributed by atoms with Crippen LogP contribution < -0.4 is 0 Å². The van der Waals surface area contributed by atoms with Crippen LogP contribution in [0.3, 0.4) is 0 Å². The minimum Gasteiger partial charge on any atom is -0.206 e. The lowest BCUT2D eigenvalue weighted by Gasteiger charge is -2.36. The van der Waals surface area contributed by atoms with Crippen LogP contribution in [0.4, 0.5) is 13.2 Å². The second-order valence-corrected chi connectivity index (χ2v) is 11.3. The summed E-state index contributed by atoms with van der Waals surface area (Å²) in [4.78, 5) is 0. The van der Waals surface area contributed by atoms with Gasteiger partial charge in [-0.15, -0.1) is 0 Å². The number of alkyl halides is 2. The van der Waals surface area contributed by atoms with Gasteiger partial charge in [0.25, 0.3) is 6.43 Å². The molecule has 0 aliphatic heterocycles. The molecular weight excluding hydrogens is 405 g/mol. The van der Waals surface area contributed by atoms with Gasteiger partial charge in [-0.1, -0.05) is 63.8 Å². The van der Waals surface area contributed by atoms with Gasteiger partial charge in [-0.3, -0.25) is 0 Å². The van der Waals surface area contributed by atoms with Crippen LogP contribution >= 0.6 is 0 Å². The Morgan fingerprint density at radius 1 is 0.750 bits per heavy atom. The third-order valence-corrected chi connectivity index (χ3v) is 9.01. The van der Waals surface area contributed by atoms with Crippen molar-refractivity contribution in [1.82, 2.24) is 0 Å². The highest BCUT2D eigenvalue weighted by atomic mass is 19.3. The third-order valence-electron chi connectivity index (χ3n) is 9.01. The topological polar surface area (TPSA) is 0 Å². The number of allylic oxidation sites excluding steroid dienone is 1. The molecule has 0 heterocycles. The lowest BCUT2D eigenvalue weighted by molar-refractivity contribution is 0.145. The van der Waals surface area contributed by atoms with Gasteiger partial charge in [0, 0.05) is 0 Å². The Morgan fingerprint density at radius 3 is 1.84 bits per heavy atom. The molecule has 1 aromatic rings. The zero-order valence-corrected chi connectivity index (χ0v) is 20.0. The number of hydrogen-bond donors (Lipinski definition) is 0. The van der Waals surface area contributed by atoms with Crippen LogP contribution in [0.2, 0.25) is 0 Å². The van der Waals surface area contributed by atoms with E-state index in [1.54, 1.807) is 18.2 Å². The predicted molar refractivity (Wildman–Crippen MR) is 127 cm³/mol. The van der Waals surface area contributed by atoms with Crippen molar-refractivity contribution in [3.8, 4) is 0 Å². The monoisotopic (exact) mass is 446 g/mol. The van der Waals surface area contributed by atoms with E-state index in [4.69, 9.17) is 0 Å². The van der Waals surface area contributed by atoms with Crippen molar-refractivity contribution in [2.24, 2.45) is 29.6 Å². The highest BCUT2D eigenvalue weighted by molar-refractivity contribution is 5.56. The third kappa shape index (κ3) is 5.62. The molecule has 4 rings (SSSR count). The van der Waals surface area contributed by atoms with Crippen LogP contribution in [-0.2, 0) is 0 Å². The summed E-state index contributed by atoms with van der Waals surface area (Å²) in [6.45, 7) is 4.59. The predicted octanol–water partition coefficient (Wildman–Crippen LogP) is 9.70. The van der Waals surface area contributed by atoms with Gasteiger partial charge >= 0.3 is 0 Å². The largest absolute Gasteiger partial charge is 0.267 e. The minimum absolute atomic E-state index is 0.0831. The first-order valence-corrected chi connectivity index (χ1v) is 13.2. The molecule has 0 nitrogen and oxygen atoms in total. The molecule has 0 N–H and O–H groups in total. The highest BCUT2D eigenvalue weighted by Gasteiger charge is 2.30. The molecule has 0 amide bonds. The number of rotatable bonds is 5. The second-order valence-electron chi connectivity index (χ2n) is 11.3. The van der Waals surface area contributed by atoms with Gasteiger partial charge in [-0.25, -0.2) is 13.2 Å². The Morgan fingerprint density at radius 2 is 1.28 bits per heavy atom.